The van der Waals surface area contributed by atoms with E-state index >= 15 is 0 Å². The number of hydrogen-bond donors (Lipinski definition) is 1. The molecule has 0 bridgehead atoms. The summed E-state index contributed by atoms with van der Waals surface area (Å²) in [6.45, 7) is 1.46. The fraction of sp³-hybridized carbons (Fsp3) is 0.278. The number of H-pyrrole nitrogens is 1. The van der Waals surface area contributed by atoms with Crippen LogP contribution in [0.4, 0.5) is 0 Å². The number of likely N-dealkylation sites (tertiary alicyclic amines) is 1. The summed E-state index contributed by atoms with van der Waals surface area (Å²) in [6, 6.07) is 9.37. The van der Waals surface area contributed by atoms with E-state index in [9.17, 15) is 4.79 Å². The topological polar surface area (TPSA) is 92.1 Å². The van der Waals surface area contributed by atoms with Crippen LogP contribution >= 0.6 is 0 Å². The van der Waals surface area contributed by atoms with E-state index < -0.39 is 0 Å². The largest absolute Gasteiger partial charge is 0.339 e. The molecule has 1 saturated heterocycles. The lowest BCUT2D eigenvalue weighted by atomic mass is 9.93. The van der Waals surface area contributed by atoms with Gasteiger partial charge in [0.25, 0.3) is 5.91 Å². The van der Waals surface area contributed by atoms with E-state index in [0.29, 0.717) is 17.0 Å². The molecule has 0 aliphatic carbocycles. The van der Waals surface area contributed by atoms with Crippen LogP contribution < -0.4 is 0 Å². The van der Waals surface area contributed by atoms with Gasteiger partial charge in [0.05, 0.1) is 6.20 Å². The Morgan fingerprint density at radius 2 is 1.88 bits per heavy atom. The highest BCUT2D eigenvalue weighted by Gasteiger charge is 2.26. The summed E-state index contributed by atoms with van der Waals surface area (Å²) in [5.74, 6) is 0.426. The maximum Gasteiger partial charge on any atom is 0.253 e. The zero-order chi connectivity index (χ0) is 17.5. The molecule has 8 nitrogen and oxygen atoms in total. The van der Waals surface area contributed by atoms with Gasteiger partial charge in [0, 0.05) is 42.5 Å². The van der Waals surface area contributed by atoms with Gasteiger partial charge in [0.15, 0.2) is 5.65 Å². The number of rotatable bonds is 2. The summed E-state index contributed by atoms with van der Waals surface area (Å²) in [4.78, 5) is 19.1. The summed E-state index contributed by atoms with van der Waals surface area (Å²) in [5, 5.41) is 15.0. The van der Waals surface area contributed by atoms with Crippen LogP contribution in [0.2, 0.25) is 0 Å². The van der Waals surface area contributed by atoms with Crippen molar-refractivity contribution in [3.8, 4) is 0 Å². The Balaban J connectivity index is 1.33. The van der Waals surface area contributed by atoms with Crippen LogP contribution in [0.5, 0.6) is 0 Å². The summed E-state index contributed by atoms with van der Waals surface area (Å²) in [5.41, 5.74) is 4.16. The van der Waals surface area contributed by atoms with Crippen molar-refractivity contribution in [3.05, 3.63) is 54.0 Å². The highest BCUT2D eigenvalue weighted by molar-refractivity contribution is 5.97. The Kier molecular flexibility index (Phi) is 3.41. The van der Waals surface area contributed by atoms with Crippen molar-refractivity contribution < 1.29 is 4.79 Å². The van der Waals surface area contributed by atoms with Crippen LogP contribution in [-0.2, 0) is 0 Å². The fourth-order valence-corrected chi connectivity index (χ4v) is 3.70. The van der Waals surface area contributed by atoms with E-state index in [2.05, 4.69) is 25.5 Å². The molecule has 1 fully saturated rings. The predicted octanol–water partition coefficient (Wildman–Crippen LogP) is 2.02. The Hall–Kier alpha value is -3.29. The molecule has 130 valence electrons. The number of carbonyl (C=O) groups is 1. The molecule has 0 saturated carbocycles. The van der Waals surface area contributed by atoms with Crippen molar-refractivity contribution in [2.24, 2.45) is 0 Å². The molecule has 1 aliphatic heterocycles. The summed E-state index contributed by atoms with van der Waals surface area (Å²) in [7, 11) is 0. The molecular weight excluding hydrogens is 330 g/mol. The van der Waals surface area contributed by atoms with Crippen molar-refractivity contribution in [1.29, 1.82) is 0 Å². The molecule has 0 radical (unpaired) electrons. The third-order valence-electron chi connectivity index (χ3n) is 5.08. The molecule has 1 amide bonds. The van der Waals surface area contributed by atoms with Crippen LogP contribution in [0.25, 0.3) is 16.7 Å². The smallest absolute Gasteiger partial charge is 0.253 e. The number of hydrogen-bond acceptors (Lipinski definition) is 5. The number of nitrogens with one attached hydrogen (secondary N) is 1. The standard InChI is InChI=1S/C18H17N7O/c26-18(13-1-2-14-15(11-13)22-23-21-14)24-9-5-12(6-10-24)16-3-7-19-17-4-8-20-25(16)17/h1-4,7-8,11-12H,5-6,9-10H2,(H,21,22,23). The predicted molar refractivity (Wildman–Crippen MR) is 94.8 cm³/mol. The van der Waals surface area contributed by atoms with E-state index in [-0.39, 0.29) is 5.91 Å². The Labute approximate surface area is 148 Å². The molecule has 4 aromatic rings. The average Bonchev–Trinajstić information content (AvgIpc) is 3.35. The van der Waals surface area contributed by atoms with Crippen LogP contribution in [0.1, 0.15) is 34.8 Å². The molecule has 5 rings (SSSR count). The average molecular weight is 347 g/mol. The molecule has 3 aromatic heterocycles. The van der Waals surface area contributed by atoms with Crippen molar-refractivity contribution in [2.75, 3.05) is 13.1 Å². The van der Waals surface area contributed by atoms with Crippen LogP contribution in [-0.4, -0.2) is 53.9 Å². The zero-order valence-corrected chi connectivity index (χ0v) is 14.0. The fourth-order valence-electron chi connectivity index (χ4n) is 3.70. The Morgan fingerprint density at radius 1 is 1.04 bits per heavy atom. The minimum Gasteiger partial charge on any atom is -0.339 e. The third kappa shape index (κ3) is 2.42. The van der Waals surface area contributed by atoms with Crippen LogP contribution in [0.3, 0.4) is 0 Å². The minimum absolute atomic E-state index is 0.0484. The number of nitrogens with zero attached hydrogens (tertiary/aromatic N) is 6. The van der Waals surface area contributed by atoms with Gasteiger partial charge in [-0.05, 0) is 37.1 Å². The first-order valence-corrected chi connectivity index (χ1v) is 8.68. The van der Waals surface area contributed by atoms with Crippen molar-refractivity contribution >= 4 is 22.6 Å². The number of carbonyl (C=O) groups excluding carboxylic acids is 1. The first-order valence-electron chi connectivity index (χ1n) is 8.68. The van der Waals surface area contributed by atoms with Gasteiger partial charge in [0.1, 0.15) is 11.0 Å². The summed E-state index contributed by atoms with van der Waals surface area (Å²) >= 11 is 0. The van der Waals surface area contributed by atoms with Crippen LogP contribution in [0.15, 0.2) is 42.7 Å². The molecule has 8 heteroatoms. The van der Waals surface area contributed by atoms with Crippen LogP contribution in [0, 0.1) is 0 Å². The SMILES string of the molecule is O=C(c1ccc2n[nH]nc2c1)N1CCC(c2ccnc3ccnn23)CC1. The minimum atomic E-state index is 0.0484. The van der Waals surface area contributed by atoms with Gasteiger partial charge >= 0.3 is 0 Å². The summed E-state index contributed by atoms with van der Waals surface area (Å²) in [6.07, 6.45) is 5.43. The highest BCUT2D eigenvalue weighted by atomic mass is 16.2. The second-order valence-electron chi connectivity index (χ2n) is 6.56. The zero-order valence-electron chi connectivity index (χ0n) is 14.0. The molecule has 4 heterocycles. The third-order valence-corrected chi connectivity index (χ3v) is 5.08. The lowest BCUT2D eigenvalue weighted by Gasteiger charge is -2.32. The monoisotopic (exact) mass is 347 g/mol. The highest BCUT2D eigenvalue weighted by Crippen LogP contribution is 2.28. The quantitative estimate of drug-likeness (QED) is 0.599. The Morgan fingerprint density at radius 3 is 2.77 bits per heavy atom. The number of fused-ring (bicyclic) bond motifs is 2. The number of piperidine rings is 1. The molecule has 0 spiro atoms. The van der Waals surface area contributed by atoms with Crippen molar-refractivity contribution in [2.45, 2.75) is 18.8 Å². The maximum atomic E-state index is 12.8. The Bertz CT molecular complexity index is 1090. The molecule has 1 aliphatic rings. The van der Waals surface area contributed by atoms with E-state index in [4.69, 9.17) is 0 Å². The van der Waals surface area contributed by atoms with Gasteiger partial charge in [-0.1, -0.05) is 0 Å². The van der Waals surface area contributed by atoms with Gasteiger partial charge in [-0.15, -0.1) is 0 Å². The van der Waals surface area contributed by atoms with Gasteiger partial charge < -0.3 is 4.90 Å². The number of benzene rings is 1. The van der Waals surface area contributed by atoms with E-state index in [0.717, 1.165) is 42.8 Å². The first-order chi connectivity index (χ1) is 12.8. The number of amides is 1. The van der Waals surface area contributed by atoms with Gasteiger partial charge in [-0.3, -0.25) is 4.79 Å². The van der Waals surface area contributed by atoms with Gasteiger partial charge in [-0.25, -0.2) is 9.50 Å². The number of aromatic nitrogens is 6. The van der Waals surface area contributed by atoms with Gasteiger partial charge in [-0.2, -0.15) is 20.5 Å². The number of aromatic amines is 1. The molecule has 1 N–H and O–H groups in total. The van der Waals surface area contributed by atoms with Crippen molar-refractivity contribution in [1.82, 2.24) is 34.9 Å². The van der Waals surface area contributed by atoms with E-state index in [1.807, 2.05) is 39.9 Å². The molecule has 0 atom stereocenters. The van der Waals surface area contributed by atoms with E-state index in [1.54, 1.807) is 12.3 Å². The first kappa shape index (κ1) is 15.0. The normalized spacial score (nSPS) is 15.8. The lowest BCUT2D eigenvalue weighted by molar-refractivity contribution is 0.0712. The lowest BCUT2D eigenvalue weighted by Crippen LogP contribution is -2.38. The van der Waals surface area contributed by atoms with Gasteiger partial charge in [0.2, 0.25) is 0 Å². The molecule has 0 unspecified atom stereocenters. The summed E-state index contributed by atoms with van der Waals surface area (Å²) < 4.78 is 1.90. The molecule has 26 heavy (non-hydrogen) atoms. The van der Waals surface area contributed by atoms with E-state index in [1.165, 1.54) is 0 Å². The maximum absolute atomic E-state index is 12.8. The molecule has 1 aromatic carbocycles. The second-order valence-corrected chi connectivity index (χ2v) is 6.56. The van der Waals surface area contributed by atoms with Crippen molar-refractivity contribution in [3.63, 3.8) is 0 Å². The second kappa shape index (κ2) is 5.91. The molecular formula is C18H17N7O.